The minimum absolute atomic E-state index is 0.0442. The fourth-order valence-corrected chi connectivity index (χ4v) is 4.00. The van der Waals surface area contributed by atoms with Gasteiger partial charge in [-0.05, 0) is 67.8 Å². The number of nitrogens with zero attached hydrogens (tertiary/aromatic N) is 3. The van der Waals surface area contributed by atoms with Crippen LogP contribution in [0.15, 0.2) is 70.9 Å². The van der Waals surface area contributed by atoms with Gasteiger partial charge in [0.05, 0.1) is 23.8 Å². The van der Waals surface area contributed by atoms with E-state index in [-0.39, 0.29) is 32.2 Å². The molecule has 7 N–H and O–H groups in total. The first-order valence-corrected chi connectivity index (χ1v) is 13.6. The zero-order valence-electron chi connectivity index (χ0n) is 23.8. The van der Waals surface area contributed by atoms with Crippen LogP contribution in [0.3, 0.4) is 0 Å². The Bertz CT molecular complexity index is 1490. The molecule has 45 heavy (non-hydrogen) atoms. The molecular formula is C29H31N7O9. The van der Waals surface area contributed by atoms with Crippen LogP contribution >= 0.6 is 0 Å². The number of carbonyl (C=O) groups is 7. The van der Waals surface area contributed by atoms with Crippen molar-refractivity contribution in [2.24, 2.45) is 21.9 Å². The number of azo groups is 1. The minimum atomic E-state index is -1.31. The first kappa shape index (κ1) is 33.7. The molecule has 1 aliphatic rings. The number of nitrogens with one attached hydrogen (secondary N) is 3. The summed E-state index contributed by atoms with van der Waals surface area (Å²) in [5, 5.41) is 33.9. The predicted molar refractivity (Wildman–Crippen MR) is 158 cm³/mol. The van der Waals surface area contributed by atoms with Crippen molar-refractivity contribution in [1.29, 1.82) is 0 Å². The zero-order chi connectivity index (χ0) is 32.9. The highest BCUT2D eigenvalue weighted by Gasteiger charge is 2.26. The van der Waals surface area contributed by atoms with Gasteiger partial charge in [-0.1, -0.05) is 0 Å². The lowest BCUT2D eigenvalue weighted by molar-refractivity contribution is -0.144. The standard InChI is InChI=1S/C29H31N7O9/c30-22(29(44)45)14-17(28(42)43)2-1-3-23(37)31-15-24(38)32-18-4-8-20(9-5-18)34-35-21-10-6-19(7-11-21)33-25(39)16-36-26(40)12-13-27(36)41/h4-13,17,22H,1-3,14-16,30H2,(H,31,37)(H,32,38)(H,33,39)(H,42,43)(H,44,45)/b35-34+/t17?,22-/m0/s1. The first-order valence-electron chi connectivity index (χ1n) is 13.6. The van der Waals surface area contributed by atoms with Crippen molar-refractivity contribution in [3.05, 3.63) is 60.7 Å². The van der Waals surface area contributed by atoms with Crippen molar-refractivity contribution < 1.29 is 43.8 Å². The first-order chi connectivity index (χ1) is 21.4. The van der Waals surface area contributed by atoms with E-state index in [4.69, 9.17) is 10.8 Å². The number of benzene rings is 2. The molecule has 2 atom stereocenters. The number of amides is 5. The molecule has 0 radical (unpaired) electrons. The minimum Gasteiger partial charge on any atom is -0.481 e. The highest BCUT2D eigenvalue weighted by atomic mass is 16.4. The SMILES string of the molecule is N[C@@H](CC(CCCC(=O)NCC(=O)Nc1ccc(/N=N/c2ccc(NC(=O)CN3C(=O)C=CC3=O)cc2)cc1)C(=O)O)C(=O)O. The molecule has 16 heteroatoms. The van der Waals surface area contributed by atoms with Gasteiger partial charge in [-0.2, -0.15) is 10.2 Å². The topological polar surface area (TPSA) is 250 Å². The number of carbonyl (C=O) groups excluding carboxylic acids is 5. The van der Waals surface area contributed by atoms with E-state index in [1.807, 2.05) is 0 Å². The molecule has 0 aromatic heterocycles. The Kier molecular flexibility index (Phi) is 12.1. The molecule has 0 spiro atoms. The van der Waals surface area contributed by atoms with Crippen molar-refractivity contribution in [3.8, 4) is 0 Å². The Morgan fingerprint density at radius 2 is 1.27 bits per heavy atom. The second-order valence-electron chi connectivity index (χ2n) is 9.87. The Balaban J connectivity index is 1.38. The second kappa shape index (κ2) is 16.2. The summed E-state index contributed by atoms with van der Waals surface area (Å²) in [7, 11) is 0. The van der Waals surface area contributed by atoms with E-state index in [0.717, 1.165) is 17.1 Å². The van der Waals surface area contributed by atoms with Crippen LogP contribution in [-0.4, -0.2) is 75.7 Å². The van der Waals surface area contributed by atoms with E-state index in [1.54, 1.807) is 48.5 Å². The van der Waals surface area contributed by atoms with E-state index in [9.17, 15) is 38.7 Å². The van der Waals surface area contributed by atoms with Gasteiger partial charge in [0.2, 0.25) is 17.7 Å². The van der Waals surface area contributed by atoms with Crippen molar-refractivity contribution in [2.45, 2.75) is 31.7 Å². The van der Waals surface area contributed by atoms with Gasteiger partial charge in [-0.15, -0.1) is 0 Å². The van der Waals surface area contributed by atoms with Gasteiger partial charge >= 0.3 is 11.9 Å². The number of anilines is 2. The van der Waals surface area contributed by atoms with Gasteiger partial charge in [0.15, 0.2) is 0 Å². The predicted octanol–water partition coefficient (Wildman–Crippen LogP) is 1.69. The summed E-state index contributed by atoms with van der Waals surface area (Å²) in [4.78, 5) is 82.5. The summed E-state index contributed by atoms with van der Waals surface area (Å²) in [6.07, 6.45) is 2.14. The summed E-state index contributed by atoms with van der Waals surface area (Å²) in [6.45, 7) is -0.711. The highest BCUT2D eigenvalue weighted by molar-refractivity contribution is 6.15. The summed E-state index contributed by atoms with van der Waals surface area (Å²) in [5.41, 5.74) is 7.24. The van der Waals surface area contributed by atoms with Crippen LogP contribution in [-0.2, 0) is 33.6 Å². The third-order valence-corrected chi connectivity index (χ3v) is 6.39. The number of carboxylic acid groups (broad SMARTS) is 2. The van der Waals surface area contributed by atoms with E-state index in [1.165, 1.54) is 0 Å². The van der Waals surface area contributed by atoms with Gasteiger partial charge in [0.25, 0.3) is 11.8 Å². The van der Waals surface area contributed by atoms with Crippen LogP contribution < -0.4 is 21.7 Å². The Morgan fingerprint density at radius 1 is 0.756 bits per heavy atom. The summed E-state index contributed by atoms with van der Waals surface area (Å²) in [5.74, 6) is -6.07. The Labute approximate surface area is 256 Å². The molecule has 2 aromatic rings. The number of nitrogens with two attached hydrogens (primary N) is 1. The smallest absolute Gasteiger partial charge is 0.320 e. The van der Waals surface area contributed by atoms with Crippen LogP contribution in [0.4, 0.5) is 22.7 Å². The number of imide groups is 1. The van der Waals surface area contributed by atoms with Crippen molar-refractivity contribution in [2.75, 3.05) is 23.7 Å². The quantitative estimate of drug-likeness (QED) is 0.117. The lowest BCUT2D eigenvalue weighted by Gasteiger charge is -2.14. The van der Waals surface area contributed by atoms with E-state index in [2.05, 4.69) is 26.2 Å². The normalized spacial score (nSPS) is 13.8. The molecule has 0 saturated carbocycles. The highest BCUT2D eigenvalue weighted by Crippen LogP contribution is 2.22. The third kappa shape index (κ3) is 11.1. The maximum absolute atomic E-state index is 12.2. The molecule has 0 aliphatic carbocycles. The molecule has 1 aliphatic heterocycles. The lowest BCUT2D eigenvalue weighted by Crippen LogP contribution is -2.37. The fourth-order valence-electron chi connectivity index (χ4n) is 4.00. The number of rotatable bonds is 16. The molecule has 0 bridgehead atoms. The van der Waals surface area contributed by atoms with E-state index >= 15 is 0 Å². The van der Waals surface area contributed by atoms with E-state index < -0.39 is 60.0 Å². The molecule has 1 heterocycles. The van der Waals surface area contributed by atoms with Gasteiger partial charge < -0.3 is 31.9 Å². The maximum Gasteiger partial charge on any atom is 0.320 e. The third-order valence-electron chi connectivity index (χ3n) is 6.39. The summed E-state index contributed by atoms with van der Waals surface area (Å²) < 4.78 is 0. The summed E-state index contributed by atoms with van der Waals surface area (Å²) in [6, 6.07) is 11.5. The number of aliphatic carboxylic acids is 2. The Hall–Kier alpha value is -5.77. The van der Waals surface area contributed by atoms with Crippen molar-refractivity contribution in [1.82, 2.24) is 10.2 Å². The van der Waals surface area contributed by atoms with Crippen LogP contribution in [0, 0.1) is 5.92 Å². The largest absolute Gasteiger partial charge is 0.481 e. The maximum atomic E-state index is 12.2. The lowest BCUT2D eigenvalue weighted by atomic mass is 9.94. The van der Waals surface area contributed by atoms with Crippen molar-refractivity contribution >= 4 is 64.2 Å². The number of hydrogen-bond donors (Lipinski definition) is 6. The number of hydrogen-bond acceptors (Lipinski definition) is 10. The second-order valence-corrected chi connectivity index (χ2v) is 9.87. The molecule has 236 valence electrons. The fraction of sp³-hybridized carbons (Fsp3) is 0.276. The van der Waals surface area contributed by atoms with Gasteiger partial charge in [0.1, 0.15) is 12.6 Å². The molecule has 2 aromatic carbocycles. The van der Waals surface area contributed by atoms with Gasteiger partial charge in [-0.25, -0.2) is 0 Å². The van der Waals surface area contributed by atoms with E-state index in [0.29, 0.717) is 22.7 Å². The van der Waals surface area contributed by atoms with Crippen LogP contribution in [0.2, 0.25) is 0 Å². The molecule has 5 amide bonds. The summed E-state index contributed by atoms with van der Waals surface area (Å²) >= 11 is 0. The monoisotopic (exact) mass is 621 g/mol. The van der Waals surface area contributed by atoms with Crippen molar-refractivity contribution in [3.63, 3.8) is 0 Å². The van der Waals surface area contributed by atoms with Crippen LogP contribution in [0.25, 0.3) is 0 Å². The average molecular weight is 622 g/mol. The molecule has 1 unspecified atom stereocenters. The molecular weight excluding hydrogens is 590 g/mol. The molecule has 3 rings (SSSR count). The van der Waals surface area contributed by atoms with Crippen LogP contribution in [0.1, 0.15) is 25.7 Å². The van der Waals surface area contributed by atoms with Gasteiger partial charge in [0, 0.05) is 29.9 Å². The number of carboxylic acids is 2. The molecule has 16 nitrogen and oxygen atoms in total. The zero-order valence-corrected chi connectivity index (χ0v) is 23.8. The Morgan fingerprint density at radius 3 is 1.76 bits per heavy atom. The molecule has 0 saturated heterocycles. The van der Waals surface area contributed by atoms with Crippen LogP contribution in [0.5, 0.6) is 0 Å². The molecule has 0 fully saturated rings. The van der Waals surface area contributed by atoms with Gasteiger partial charge in [-0.3, -0.25) is 38.5 Å². The average Bonchev–Trinajstić information content (AvgIpc) is 3.31.